The minimum atomic E-state index is 0.0162. The predicted octanol–water partition coefficient (Wildman–Crippen LogP) is 2.43. The molecule has 3 nitrogen and oxygen atoms in total. The van der Waals surface area contributed by atoms with Gasteiger partial charge in [0.2, 0.25) is 0 Å². The van der Waals surface area contributed by atoms with Crippen molar-refractivity contribution in [3.8, 4) is 5.75 Å². The molecule has 16 heavy (non-hydrogen) atoms. The highest BCUT2D eigenvalue weighted by Crippen LogP contribution is 2.24. The lowest BCUT2D eigenvalue weighted by atomic mass is 10.0. The molecular weight excluding hydrogens is 272 g/mol. The summed E-state index contributed by atoms with van der Waals surface area (Å²) in [5.41, 5.74) is 0. The first kappa shape index (κ1) is 11.6. The maximum atomic E-state index is 11.7. The van der Waals surface area contributed by atoms with Gasteiger partial charge in [0, 0.05) is 12.5 Å². The van der Waals surface area contributed by atoms with Crippen molar-refractivity contribution in [3.05, 3.63) is 28.7 Å². The van der Waals surface area contributed by atoms with Crippen molar-refractivity contribution in [2.24, 2.45) is 5.92 Å². The Morgan fingerprint density at radius 1 is 1.50 bits per heavy atom. The molecule has 0 N–H and O–H groups in total. The van der Waals surface area contributed by atoms with Gasteiger partial charge in [-0.05, 0) is 34.5 Å². The molecule has 0 spiro atoms. The van der Waals surface area contributed by atoms with Crippen LogP contribution in [-0.4, -0.2) is 25.6 Å². The minimum Gasteiger partial charge on any atom is -0.485 e. The smallest absolute Gasteiger partial charge is 0.175 e. The summed E-state index contributed by atoms with van der Waals surface area (Å²) in [6.07, 6.45) is 0.818. The van der Waals surface area contributed by atoms with Crippen molar-refractivity contribution < 1.29 is 14.3 Å². The fourth-order valence-corrected chi connectivity index (χ4v) is 2.02. The van der Waals surface area contributed by atoms with Gasteiger partial charge < -0.3 is 9.47 Å². The lowest BCUT2D eigenvalue weighted by molar-refractivity contribution is -0.124. The molecule has 0 bridgehead atoms. The summed E-state index contributed by atoms with van der Waals surface area (Å²) in [7, 11) is 0. The summed E-state index contributed by atoms with van der Waals surface area (Å²) in [6, 6.07) is 7.51. The highest BCUT2D eigenvalue weighted by Gasteiger charge is 2.23. The van der Waals surface area contributed by atoms with Crippen LogP contribution in [0, 0.1) is 5.92 Å². The first-order valence-electron chi connectivity index (χ1n) is 5.25. The molecule has 1 heterocycles. The predicted molar refractivity (Wildman–Crippen MR) is 63.6 cm³/mol. The fourth-order valence-electron chi connectivity index (χ4n) is 1.62. The zero-order valence-electron chi connectivity index (χ0n) is 8.82. The zero-order chi connectivity index (χ0) is 11.4. The minimum absolute atomic E-state index is 0.0162. The summed E-state index contributed by atoms with van der Waals surface area (Å²) in [5, 5.41) is 0. The molecular formula is C12H13BrO3. The quantitative estimate of drug-likeness (QED) is 0.852. The van der Waals surface area contributed by atoms with Crippen molar-refractivity contribution in [2.45, 2.75) is 6.42 Å². The van der Waals surface area contributed by atoms with E-state index in [2.05, 4.69) is 15.9 Å². The SMILES string of the molecule is O=C(COc1ccccc1Br)C1CCOC1. The van der Waals surface area contributed by atoms with Crippen LogP contribution >= 0.6 is 15.9 Å². The molecule has 0 saturated carbocycles. The van der Waals surface area contributed by atoms with E-state index in [-0.39, 0.29) is 18.3 Å². The highest BCUT2D eigenvalue weighted by atomic mass is 79.9. The van der Waals surface area contributed by atoms with Gasteiger partial charge in [-0.1, -0.05) is 12.1 Å². The number of benzene rings is 1. The summed E-state index contributed by atoms with van der Waals surface area (Å²) in [6.45, 7) is 1.35. The molecule has 0 aromatic heterocycles. The van der Waals surface area contributed by atoms with Crippen molar-refractivity contribution >= 4 is 21.7 Å². The van der Waals surface area contributed by atoms with E-state index < -0.39 is 0 Å². The second kappa shape index (κ2) is 5.46. The molecule has 1 aliphatic rings. The van der Waals surface area contributed by atoms with Crippen LogP contribution in [0.2, 0.25) is 0 Å². The fraction of sp³-hybridized carbons (Fsp3) is 0.417. The molecule has 2 rings (SSSR count). The number of hydrogen-bond donors (Lipinski definition) is 0. The van der Waals surface area contributed by atoms with Crippen molar-refractivity contribution in [2.75, 3.05) is 19.8 Å². The molecule has 1 unspecified atom stereocenters. The average Bonchev–Trinajstić information content (AvgIpc) is 2.81. The van der Waals surface area contributed by atoms with Gasteiger partial charge in [0.15, 0.2) is 5.78 Å². The van der Waals surface area contributed by atoms with Gasteiger partial charge in [-0.3, -0.25) is 4.79 Å². The monoisotopic (exact) mass is 284 g/mol. The number of halogens is 1. The molecule has 0 radical (unpaired) electrons. The van der Waals surface area contributed by atoms with Crippen LogP contribution < -0.4 is 4.74 Å². The second-order valence-corrected chi connectivity index (χ2v) is 4.60. The lowest BCUT2D eigenvalue weighted by Gasteiger charge is -2.09. The van der Waals surface area contributed by atoms with E-state index in [0.717, 1.165) is 10.9 Å². The standard InChI is InChI=1S/C12H13BrO3/c13-10-3-1-2-4-12(10)16-8-11(14)9-5-6-15-7-9/h1-4,9H,5-8H2. The third-order valence-electron chi connectivity index (χ3n) is 2.59. The first-order valence-corrected chi connectivity index (χ1v) is 6.04. The topological polar surface area (TPSA) is 35.5 Å². The second-order valence-electron chi connectivity index (χ2n) is 3.75. The van der Waals surface area contributed by atoms with Crippen LogP contribution in [0.1, 0.15) is 6.42 Å². The number of carbonyl (C=O) groups excluding carboxylic acids is 1. The summed E-state index contributed by atoms with van der Waals surface area (Å²) in [5.74, 6) is 0.838. The van der Waals surface area contributed by atoms with Gasteiger partial charge in [-0.15, -0.1) is 0 Å². The molecule has 86 valence electrons. The zero-order valence-corrected chi connectivity index (χ0v) is 10.4. The summed E-state index contributed by atoms with van der Waals surface area (Å²) < 4.78 is 11.5. The van der Waals surface area contributed by atoms with Crippen LogP contribution in [0.4, 0.5) is 0 Å². The Morgan fingerprint density at radius 3 is 3.00 bits per heavy atom. The number of carbonyl (C=O) groups is 1. The van der Waals surface area contributed by atoms with Gasteiger partial charge in [0.05, 0.1) is 11.1 Å². The van der Waals surface area contributed by atoms with E-state index >= 15 is 0 Å². The molecule has 1 fully saturated rings. The number of ketones is 1. The summed E-state index contributed by atoms with van der Waals surface area (Å²) in [4.78, 5) is 11.7. The van der Waals surface area contributed by atoms with Crippen LogP contribution in [0.15, 0.2) is 28.7 Å². The Labute approximate surface area is 103 Å². The number of ether oxygens (including phenoxy) is 2. The van der Waals surface area contributed by atoms with E-state index in [4.69, 9.17) is 9.47 Å². The van der Waals surface area contributed by atoms with Crippen LogP contribution in [0.5, 0.6) is 5.75 Å². The van der Waals surface area contributed by atoms with Gasteiger partial charge in [-0.2, -0.15) is 0 Å². The van der Waals surface area contributed by atoms with E-state index in [1.165, 1.54) is 0 Å². The van der Waals surface area contributed by atoms with Gasteiger partial charge in [0.1, 0.15) is 12.4 Å². The van der Waals surface area contributed by atoms with Gasteiger partial charge >= 0.3 is 0 Å². The van der Waals surface area contributed by atoms with Crippen LogP contribution in [0.25, 0.3) is 0 Å². The maximum Gasteiger partial charge on any atom is 0.175 e. The van der Waals surface area contributed by atoms with Crippen molar-refractivity contribution in [1.82, 2.24) is 0 Å². The number of Topliss-reactive ketones (excluding diaryl/α,β-unsaturated/α-hetero) is 1. The van der Waals surface area contributed by atoms with E-state index in [1.807, 2.05) is 24.3 Å². The van der Waals surface area contributed by atoms with Crippen molar-refractivity contribution in [3.63, 3.8) is 0 Å². The Morgan fingerprint density at radius 2 is 2.31 bits per heavy atom. The average molecular weight is 285 g/mol. The van der Waals surface area contributed by atoms with Gasteiger partial charge in [0.25, 0.3) is 0 Å². The molecule has 1 saturated heterocycles. The van der Waals surface area contributed by atoms with Crippen molar-refractivity contribution in [1.29, 1.82) is 0 Å². The molecule has 1 aromatic carbocycles. The molecule has 0 amide bonds. The molecule has 1 aliphatic heterocycles. The Balaban J connectivity index is 1.87. The Hall–Kier alpha value is -0.870. The Kier molecular flexibility index (Phi) is 3.96. The number of rotatable bonds is 4. The normalized spacial score (nSPS) is 19.7. The molecule has 1 aromatic rings. The van der Waals surface area contributed by atoms with E-state index in [9.17, 15) is 4.79 Å². The largest absolute Gasteiger partial charge is 0.485 e. The van der Waals surface area contributed by atoms with Gasteiger partial charge in [-0.25, -0.2) is 0 Å². The van der Waals surface area contributed by atoms with E-state index in [0.29, 0.717) is 19.0 Å². The van der Waals surface area contributed by atoms with E-state index in [1.54, 1.807) is 0 Å². The molecule has 0 aliphatic carbocycles. The third-order valence-corrected chi connectivity index (χ3v) is 3.25. The first-order chi connectivity index (χ1) is 7.77. The highest BCUT2D eigenvalue weighted by molar-refractivity contribution is 9.10. The third kappa shape index (κ3) is 2.83. The van der Waals surface area contributed by atoms with Crippen LogP contribution in [0.3, 0.4) is 0 Å². The summed E-state index contributed by atoms with van der Waals surface area (Å²) >= 11 is 3.37. The number of para-hydroxylation sites is 1. The Bertz CT molecular complexity index is 372. The van der Waals surface area contributed by atoms with Crippen LogP contribution in [-0.2, 0) is 9.53 Å². The number of hydrogen-bond acceptors (Lipinski definition) is 3. The molecule has 4 heteroatoms. The maximum absolute atomic E-state index is 11.7. The molecule has 1 atom stereocenters. The lowest BCUT2D eigenvalue weighted by Crippen LogP contribution is -2.21.